The van der Waals surface area contributed by atoms with Crippen molar-refractivity contribution in [2.24, 2.45) is 17.8 Å². The van der Waals surface area contributed by atoms with E-state index < -0.39 is 0 Å². The summed E-state index contributed by atoms with van der Waals surface area (Å²) in [6.07, 6.45) is 9.62. The first-order valence-electron chi connectivity index (χ1n) is 6.22. The third-order valence-corrected chi connectivity index (χ3v) is 2.88. The van der Waals surface area contributed by atoms with Crippen molar-refractivity contribution in [3.63, 3.8) is 0 Å². The van der Waals surface area contributed by atoms with Crippen LogP contribution in [0.25, 0.3) is 0 Å². The molecule has 1 nitrogen and oxygen atoms in total. The average Bonchev–Trinajstić information content (AvgIpc) is 2.14. The molecule has 0 bridgehead atoms. The van der Waals surface area contributed by atoms with Gasteiger partial charge in [-0.05, 0) is 36.7 Å². The second-order valence-corrected chi connectivity index (χ2v) is 4.97. The molecule has 0 fully saturated rings. The molecular weight excluding hydrogens is 184 g/mol. The molecule has 0 aromatic heterocycles. The average molecular weight is 210 g/mol. The zero-order valence-electron chi connectivity index (χ0n) is 10.7. The van der Waals surface area contributed by atoms with Crippen LogP contribution < -0.4 is 0 Å². The van der Waals surface area contributed by atoms with Crippen molar-refractivity contribution >= 4 is 6.29 Å². The molecule has 0 heterocycles. The van der Waals surface area contributed by atoms with Gasteiger partial charge in [-0.25, -0.2) is 0 Å². The number of allylic oxidation sites excluding steroid dienone is 2. The highest BCUT2D eigenvalue weighted by molar-refractivity contribution is 5.64. The summed E-state index contributed by atoms with van der Waals surface area (Å²) in [5, 5.41) is 0. The van der Waals surface area contributed by atoms with E-state index in [4.69, 9.17) is 0 Å². The van der Waals surface area contributed by atoms with Crippen molar-refractivity contribution in [3.8, 4) is 0 Å². The Morgan fingerprint density at radius 1 is 1.07 bits per heavy atom. The fourth-order valence-corrected chi connectivity index (χ4v) is 2.34. The highest BCUT2D eigenvalue weighted by atomic mass is 16.1. The predicted octanol–water partition coefficient (Wildman–Crippen LogP) is 4.23. The molecule has 0 saturated heterocycles. The summed E-state index contributed by atoms with van der Waals surface area (Å²) in [5.74, 6) is 2.13. The minimum atomic E-state index is 0.527. The van der Waals surface area contributed by atoms with Gasteiger partial charge in [0.2, 0.25) is 0 Å². The lowest BCUT2D eigenvalue weighted by molar-refractivity contribution is -0.104. The van der Waals surface area contributed by atoms with Gasteiger partial charge in [-0.2, -0.15) is 0 Å². The molecule has 0 spiro atoms. The number of carbonyl (C=O) groups excluding carboxylic acids is 1. The minimum Gasteiger partial charge on any atom is -0.299 e. The lowest BCUT2D eigenvalue weighted by Crippen LogP contribution is -2.06. The molecule has 1 heteroatoms. The maximum absolute atomic E-state index is 10.2. The molecule has 0 radical (unpaired) electrons. The van der Waals surface area contributed by atoms with Crippen molar-refractivity contribution in [3.05, 3.63) is 12.2 Å². The van der Waals surface area contributed by atoms with Crippen LogP contribution in [0, 0.1) is 17.8 Å². The molecule has 0 N–H and O–H groups in total. The molecule has 0 aliphatic carbocycles. The molecule has 0 saturated carbocycles. The van der Waals surface area contributed by atoms with Crippen molar-refractivity contribution in [1.29, 1.82) is 0 Å². The lowest BCUT2D eigenvalue weighted by atomic mass is 9.88. The van der Waals surface area contributed by atoms with Crippen LogP contribution in [0.3, 0.4) is 0 Å². The molecule has 3 atom stereocenters. The van der Waals surface area contributed by atoms with Gasteiger partial charge in [-0.15, -0.1) is 0 Å². The molecule has 0 aliphatic rings. The van der Waals surface area contributed by atoms with E-state index in [2.05, 4.69) is 27.7 Å². The number of rotatable bonds is 8. The minimum absolute atomic E-state index is 0.527. The Kier molecular flexibility index (Phi) is 8.35. The van der Waals surface area contributed by atoms with E-state index in [9.17, 15) is 4.79 Å². The first-order chi connectivity index (χ1) is 7.10. The molecule has 0 aromatic carbocycles. The molecule has 88 valence electrons. The van der Waals surface area contributed by atoms with Gasteiger partial charge in [0.15, 0.2) is 0 Å². The van der Waals surface area contributed by atoms with E-state index in [1.165, 1.54) is 25.7 Å². The van der Waals surface area contributed by atoms with E-state index in [1.807, 2.05) is 6.08 Å². The first-order valence-corrected chi connectivity index (χ1v) is 6.22. The standard InChI is InChI=1S/C14H26O/c1-5-7-12(2)10-14(4)11-13(3)8-6-9-15/h6,8-9,12-14H,5,7,10-11H2,1-4H3/b8-6+/t12-,13+,14-/m1/s1. The van der Waals surface area contributed by atoms with Gasteiger partial charge in [0.05, 0.1) is 0 Å². The van der Waals surface area contributed by atoms with E-state index in [1.54, 1.807) is 6.08 Å². The highest BCUT2D eigenvalue weighted by Gasteiger charge is 2.10. The van der Waals surface area contributed by atoms with Crippen LogP contribution in [-0.2, 0) is 4.79 Å². The highest BCUT2D eigenvalue weighted by Crippen LogP contribution is 2.22. The van der Waals surface area contributed by atoms with Gasteiger partial charge in [-0.3, -0.25) is 4.79 Å². The van der Waals surface area contributed by atoms with E-state index in [0.717, 1.165) is 18.1 Å². The third kappa shape index (κ3) is 8.41. The Morgan fingerprint density at radius 3 is 2.27 bits per heavy atom. The molecule has 0 unspecified atom stereocenters. The number of aldehydes is 1. The van der Waals surface area contributed by atoms with Gasteiger partial charge in [-0.1, -0.05) is 46.6 Å². The van der Waals surface area contributed by atoms with Gasteiger partial charge < -0.3 is 0 Å². The van der Waals surface area contributed by atoms with Gasteiger partial charge in [0.25, 0.3) is 0 Å². The maximum Gasteiger partial charge on any atom is 0.142 e. The topological polar surface area (TPSA) is 17.1 Å². The molecule has 0 rings (SSSR count). The Labute approximate surface area is 95.0 Å². The Morgan fingerprint density at radius 2 is 1.73 bits per heavy atom. The maximum atomic E-state index is 10.2. The summed E-state index contributed by atoms with van der Waals surface area (Å²) in [7, 11) is 0. The van der Waals surface area contributed by atoms with E-state index in [-0.39, 0.29) is 0 Å². The summed E-state index contributed by atoms with van der Waals surface area (Å²) >= 11 is 0. The van der Waals surface area contributed by atoms with Crippen LogP contribution >= 0.6 is 0 Å². The Balaban J connectivity index is 3.76. The zero-order chi connectivity index (χ0) is 11.7. The quantitative estimate of drug-likeness (QED) is 0.433. The Bertz CT molecular complexity index is 184. The molecular formula is C14H26O. The van der Waals surface area contributed by atoms with Crippen LogP contribution in [0.4, 0.5) is 0 Å². The number of hydrogen-bond donors (Lipinski definition) is 0. The van der Waals surface area contributed by atoms with Crippen LogP contribution in [0.15, 0.2) is 12.2 Å². The second-order valence-electron chi connectivity index (χ2n) is 4.97. The van der Waals surface area contributed by atoms with Crippen LogP contribution in [-0.4, -0.2) is 6.29 Å². The largest absolute Gasteiger partial charge is 0.299 e. The summed E-state index contributed by atoms with van der Waals surface area (Å²) < 4.78 is 0. The lowest BCUT2D eigenvalue weighted by Gasteiger charge is -2.18. The summed E-state index contributed by atoms with van der Waals surface area (Å²) in [5.41, 5.74) is 0. The molecule has 0 aromatic rings. The zero-order valence-corrected chi connectivity index (χ0v) is 10.7. The fraction of sp³-hybridized carbons (Fsp3) is 0.786. The van der Waals surface area contributed by atoms with Gasteiger partial charge >= 0.3 is 0 Å². The summed E-state index contributed by atoms with van der Waals surface area (Å²) in [6, 6.07) is 0. The second kappa shape index (κ2) is 8.70. The fourth-order valence-electron chi connectivity index (χ4n) is 2.34. The number of hydrogen-bond acceptors (Lipinski definition) is 1. The SMILES string of the molecule is CCC[C@@H](C)C[C@@H](C)C[C@@H](C)/C=C/C=O. The van der Waals surface area contributed by atoms with Crippen LogP contribution in [0.1, 0.15) is 53.4 Å². The molecule has 15 heavy (non-hydrogen) atoms. The summed E-state index contributed by atoms with van der Waals surface area (Å²) in [4.78, 5) is 10.2. The smallest absolute Gasteiger partial charge is 0.142 e. The van der Waals surface area contributed by atoms with E-state index >= 15 is 0 Å². The van der Waals surface area contributed by atoms with Gasteiger partial charge in [0, 0.05) is 0 Å². The van der Waals surface area contributed by atoms with Crippen LogP contribution in [0.5, 0.6) is 0 Å². The van der Waals surface area contributed by atoms with Crippen molar-refractivity contribution < 1.29 is 4.79 Å². The van der Waals surface area contributed by atoms with Crippen molar-refractivity contribution in [2.45, 2.75) is 53.4 Å². The predicted molar refractivity (Wildman–Crippen MR) is 66.8 cm³/mol. The van der Waals surface area contributed by atoms with Crippen molar-refractivity contribution in [2.75, 3.05) is 0 Å². The van der Waals surface area contributed by atoms with Crippen molar-refractivity contribution in [1.82, 2.24) is 0 Å². The normalized spacial score (nSPS) is 17.6. The van der Waals surface area contributed by atoms with Gasteiger partial charge in [0.1, 0.15) is 6.29 Å². The Hall–Kier alpha value is -0.590. The summed E-state index contributed by atoms with van der Waals surface area (Å²) in [6.45, 7) is 9.08. The number of carbonyl (C=O) groups is 1. The van der Waals surface area contributed by atoms with Crippen LogP contribution in [0.2, 0.25) is 0 Å². The third-order valence-electron chi connectivity index (χ3n) is 2.88. The molecule has 0 aliphatic heterocycles. The molecule has 0 amide bonds. The monoisotopic (exact) mass is 210 g/mol. The first kappa shape index (κ1) is 14.4. The van der Waals surface area contributed by atoms with E-state index in [0.29, 0.717) is 5.92 Å².